The van der Waals surface area contributed by atoms with Crippen LogP contribution in [0.25, 0.3) is 0 Å². The molecule has 0 aromatic heterocycles. The number of hydrogen-bond acceptors (Lipinski definition) is 3. The minimum Gasteiger partial charge on any atom is -0.497 e. The van der Waals surface area contributed by atoms with E-state index < -0.39 is 0 Å². The van der Waals surface area contributed by atoms with Crippen LogP contribution in [0, 0.1) is 13.8 Å². The molecule has 0 amide bonds. The van der Waals surface area contributed by atoms with Crippen molar-refractivity contribution >= 4 is 5.69 Å². The third-order valence-corrected chi connectivity index (χ3v) is 6.71. The van der Waals surface area contributed by atoms with E-state index in [1.165, 1.54) is 54.5 Å². The molecule has 1 aliphatic rings. The van der Waals surface area contributed by atoms with Gasteiger partial charge in [0, 0.05) is 23.8 Å². The van der Waals surface area contributed by atoms with Crippen LogP contribution in [0.1, 0.15) is 55.7 Å². The van der Waals surface area contributed by atoms with E-state index in [9.17, 15) is 0 Å². The summed E-state index contributed by atoms with van der Waals surface area (Å²) in [5, 5.41) is 0. The molecule has 2 aromatic carbocycles. The van der Waals surface area contributed by atoms with E-state index in [4.69, 9.17) is 4.74 Å². The predicted octanol–water partition coefficient (Wildman–Crippen LogP) is 5.93. The average Bonchev–Trinajstić information content (AvgIpc) is 2.71. The Morgan fingerprint density at radius 3 is 2.03 bits per heavy atom. The van der Waals surface area contributed by atoms with E-state index in [1.807, 2.05) is 0 Å². The summed E-state index contributed by atoms with van der Waals surface area (Å²) in [5.41, 5.74) is 5.64. The average molecular weight is 395 g/mol. The zero-order valence-electron chi connectivity index (χ0n) is 19.2. The van der Waals surface area contributed by atoms with Crippen LogP contribution in [0.3, 0.4) is 0 Å². The van der Waals surface area contributed by atoms with E-state index in [1.54, 1.807) is 7.11 Å². The lowest BCUT2D eigenvalue weighted by molar-refractivity contribution is 0.0902. The Kier molecular flexibility index (Phi) is 6.89. The van der Waals surface area contributed by atoms with Crippen molar-refractivity contribution in [2.75, 3.05) is 32.6 Å². The summed E-state index contributed by atoms with van der Waals surface area (Å²) >= 11 is 0. The van der Waals surface area contributed by atoms with Crippen LogP contribution >= 0.6 is 0 Å². The molecule has 0 spiro atoms. The van der Waals surface area contributed by atoms with Crippen molar-refractivity contribution in [2.24, 2.45) is 0 Å². The van der Waals surface area contributed by atoms with Gasteiger partial charge in [-0.2, -0.15) is 0 Å². The van der Waals surface area contributed by atoms with Crippen molar-refractivity contribution in [1.29, 1.82) is 0 Å². The minimum absolute atomic E-state index is 0.114. The van der Waals surface area contributed by atoms with Gasteiger partial charge in [-0.1, -0.05) is 25.1 Å². The highest BCUT2D eigenvalue weighted by Gasteiger charge is 2.40. The van der Waals surface area contributed by atoms with Gasteiger partial charge >= 0.3 is 0 Å². The lowest BCUT2D eigenvalue weighted by Gasteiger charge is -2.48. The molecule has 3 nitrogen and oxygen atoms in total. The van der Waals surface area contributed by atoms with Crippen LogP contribution in [0.2, 0.25) is 0 Å². The number of methoxy groups -OCH3 is 1. The van der Waals surface area contributed by atoms with Crippen LogP contribution in [0.15, 0.2) is 42.5 Å². The Bertz CT molecular complexity index is 769. The molecule has 1 aliphatic carbocycles. The fraction of sp³-hybridized carbons (Fsp3) is 0.538. The Morgan fingerprint density at radius 1 is 0.966 bits per heavy atom. The van der Waals surface area contributed by atoms with Gasteiger partial charge in [0.25, 0.3) is 0 Å². The third-order valence-electron chi connectivity index (χ3n) is 6.71. The van der Waals surface area contributed by atoms with Crippen LogP contribution < -0.4 is 9.64 Å². The van der Waals surface area contributed by atoms with Crippen LogP contribution in [-0.2, 0) is 5.54 Å². The minimum atomic E-state index is 0.114. The first kappa shape index (κ1) is 21.7. The third kappa shape index (κ3) is 4.61. The second-order valence-electron chi connectivity index (χ2n) is 8.92. The van der Waals surface area contributed by atoms with E-state index in [-0.39, 0.29) is 5.54 Å². The van der Waals surface area contributed by atoms with Crippen molar-refractivity contribution in [2.45, 2.75) is 64.5 Å². The fourth-order valence-electron chi connectivity index (χ4n) is 5.17. The molecule has 0 aliphatic heterocycles. The molecule has 0 unspecified atom stereocenters. The quantitative estimate of drug-likeness (QED) is 0.579. The Morgan fingerprint density at radius 2 is 1.55 bits per heavy atom. The number of benzene rings is 2. The maximum absolute atomic E-state index is 5.37. The standard InChI is InChI=1S/C26H38N2O/c1-7-16-28(24-18-20(2)17-21(3)19-24)23-12-14-26(15-13-23,27(4)5)22-8-10-25(29-6)11-9-22/h8-11,17-19,23H,7,12-16H2,1-6H3. The van der Waals surface area contributed by atoms with Gasteiger partial charge in [0.15, 0.2) is 0 Å². The molecule has 158 valence electrons. The van der Waals surface area contributed by atoms with Crippen LogP contribution in [-0.4, -0.2) is 38.7 Å². The molecule has 2 aromatic rings. The smallest absolute Gasteiger partial charge is 0.118 e. The van der Waals surface area contributed by atoms with Gasteiger partial charge in [-0.25, -0.2) is 0 Å². The molecule has 0 bridgehead atoms. The second-order valence-corrected chi connectivity index (χ2v) is 8.92. The first-order valence-corrected chi connectivity index (χ1v) is 11.1. The SMILES string of the molecule is CCCN(c1cc(C)cc(C)c1)C1CCC(c2ccc(OC)cc2)(N(C)C)CC1. The maximum Gasteiger partial charge on any atom is 0.118 e. The normalized spacial score (nSPS) is 22.0. The van der Waals surface area contributed by atoms with Crippen molar-refractivity contribution in [3.8, 4) is 5.75 Å². The van der Waals surface area contributed by atoms with E-state index in [0.717, 1.165) is 12.3 Å². The predicted molar refractivity (Wildman–Crippen MR) is 124 cm³/mol. The molecule has 0 radical (unpaired) electrons. The Balaban J connectivity index is 1.82. The maximum atomic E-state index is 5.37. The largest absolute Gasteiger partial charge is 0.497 e. The van der Waals surface area contributed by atoms with Crippen molar-refractivity contribution in [3.05, 3.63) is 59.2 Å². The van der Waals surface area contributed by atoms with E-state index in [2.05, 4.69) is 87.1 Å². The van der Waals surface area contributed by atoms with E-state index in [0.29, 0.717) is 6.04 Å². The Hall–Kier alpha value is -2.00. The monoisotopic (exact) mass is 394 g/mol. The molecule has 3 heteroatoms. The number of nitrogens with zero attached hydrogens (tertiary/aromatic N) is 2. The van der Waals surface area contributed by atoms with Crippen molar-refractivity contribution in [1.82, 2.24) is 4.90 Å². The highest BCUT2D eigenvalue weighted by atomic mass is 16.5. The molecule has 0 atom stereocenters. The first-order chi connectivity index (χ1) is 13.9. The second kappa shape index (κ2) is 9.21. The van der Waals surface area contributed by atoms with Gasteiger partial charge in [0.2, 0.25) is 0 Å². The molecule has 1 saturated carbocycles. The Labute approximate surface area is 177 Å². The molecule has 0 N–H and O–H groups in total. The summed E-state index contributed by atoms with van der Waals surface area (Å²) < 4.78 is 5.37. The molecule has 29 heavy (non-hydrogen) atoms. The number of aryl methyl sites for hydroxylation is 2. The molecule has 3 rings (SSSR count). The van der Waals surface area contributed by atoms with Crippen molar-refractivity contribution < 1.29 is 4.74 Å². The van der Waals surface area contributed by atoms with Crippen molar-refractivity contribution in [3.63, 3.8) is 0 Å². The summed E-state index contributed by atoms with van der Waals surface area (Å²) in [6.07, 6.45) is 5.99. The zero-order chi connectivity index (χ0) is 21.0. The fourth-order valence-corrected chi connectivity index (χ4v) is 5.17. The molecule has 0 heterocycles. The van der Waals surface area contributed by atoms with Crippen LogP contribution in [0.4, 0.5) is 5.69 Å². The summed E-state index contributed by atoms with van der Waals surface area (Å²) in [7, 11) is 6.20. The lowest BCUT2D eigenvalue weighted by atomic mass is 9.73. The van der Waals surface area contributed by atoms with Gasteiger partial charge < -0.3 is 9.64 Å². The molecule has 1 fully saturated rings. The molecular weight excluding hydrogens is 356 g/mol. The number of hydrogen-bond donors (Lipinski definition) is 0. The first-order valence-electron chi connectivity index (χ1n) is 11.1. The topological polar surface area (TPSA) is 15.7 Å². The van der Waals surface area contributed by atoms with Gasteiger partial charge in [0.05, 0.1) is 7.11 Å². The number of anilines is 1. The lowest BCUT2D eigenvalue weighted by Crippen LogP contribution is -2.49. The summed E-state index contributed by atoms with van der Waals surface area (Å²) in [6, 6.07) is 16.3. The number of ether oxygens (including phenoxy) is 1. The van der Waals surface area contributed by atoms with Gasteiger partial charge in [0.1, 0.15) is 5.75 Å². The summed E-state index contributed by atoms with van der Waals surface area (Å²) in [5.74, 6) is 0.931. The van der Waals surface area contributed by atoms with Gasteiger partial charge in [-0.15, -0.1) is 0 Å². The van der Waals surface area contributed by atoms with Gasteiger partial charge in [-0.3, -0.25) is 4.90 Å². The van der Waals surface area contributed by atoms with Gasteiger partial charge in [-0.05, 0) is 101 Å². The van der Waals surface area contributed by atoms with Crippen LogP contribution in [0.5, 0.6) is 5.75 Å². The summed E-state index contributed by atoms with van der Waals surface area (Å²) in [6.45, 7) is 7.84. The van der Waals surface area contributed by atoms with E-state index >= 15 is 0 Å². The number of rotatable bonds is 7. The summed E-state index contributed by atoms with van der Waals surface area (Å²) in [4.78, 5) is 5.11. The molecular formula is C26H38N2O. The zero-order valence-corrected chi connectivity index (χ0v) is 19.2. The highest BCUT2D eigenvalue weighted by Crippen LogP contribution is 2.43. The molecule has 0 saturated heterocycles. The highest BCUT2D eigenvalue weighted by molar-refractivity contribution is 5.52.